The molecule has 24 heavy (non-hydrogen) atoms. The fourth-order valence-electron chi connectivity index (χ4n) is 2.85. The Morgan fingerprint density at radius 1 is 1.33 bits per heavy atom. The van der Waals surface area contributed by atoms with E-state index in [9.17, 15) is 14.7 Å². The summed E-state index contributed by atoms with van der Waals surface area (Å²) in [7, 11) is 0. The first-order chi connectivity index (χ1) is 11.4. The van der Waals surface area contributed by atoms with Crippen LogP contribution in [0, 0.1) is 12.8 Å². The van der Waals surface area contributed by atoms with Crippen LogP contribution in [0.5, 0.6) is 0 Å². The third kappa shape index (κ3) is 2.64. The lowest BCUT2D eigenvalue weighted by atomic mass is 9.94. The molecule has 1 unspecified atom stereocenters. The van der Waals surface area contributed by atoms with E-state index >= 15 is 0 Å². The summed E-state index contributed by atoms with van der Waals surface area (Å²) in [5.74, 6) is -0.0751. The van der Waals surface area contributed by atoms with Crippen LogP contribution < -0.4 is 0 Å². The summed E-state index contributed by atoms with van der Waals surface area (Å²) in [6.45, 7) is 5.37. The highest BCUT2D eigenvalue weighted by Gasteiger charge is 2.45. The zero-order valence-corrected chi connectivity index (χ0v) is 13.8. The maximum absolute atomic E-state index is 12.6. The monoisotopic (exact) mass is 329 g/mol. The molecule has 1 atom stereocenters. The first kappa shape index (κ1) is 16.1. The number of furan rings is 2. The summed E-state index contributed by atoms with van der Waals surface area (Å²) >= 11 is 0. The highest BCUT2D eigenvalue weighted by molar-refractivity contribution is 6.09. The lowest BCUT2D eigenvalue weighted by molar-refractivity contribution is -0.130. The van der Waals surface area contributed by atoms with Gasteiger partial charge in [0.1, 0.15) is 23.3 Å². The Bertz CT molecular complexity index is 797. The number of aliphatic hydroxyl groups is 1. The van der Waals surface area contributed by atoms with Gasteiger partial charge in [0.15, 0.2) is 11.5 Å². The molecule has 3 rings (SSSR count). The number of Topliss-reactive ketones (excluding diaryl/α,β-unsaturated/α-hetero) is 1. The highest BCUT2D eigenvalue weighted by Crippen LogP contribution is 2.40. The van der Waals surface area contributed by atoms with Crippen molar-refractivity contribution < 1.29 is 23.5 Å². The molecule has 2 aromatic heterocycles. The van der Waals surface area contributed by atoms with Crippen molar-refractivity contribution >= 4 is 11.7 Å². The van der Waals surface area contributed by atoms with Crippen molar-refractivity contribution in [3.8, 4) is 0 Å². The van der Waals surface area contributed by atoms with Crippen molar-refractivity contribution in [1.82, 2.24) is 4.90 Å². The van der Waals surface area contributed by atoms with Crippen LogP contribution >= 0.6 is 0 Å². The molecule has 1 N–H and O–H groups in total. The Balaban J connectivity index is 2.06. The number of aliphatic hydroxyl groups excluding tert-OH is 1. The van der Waals surface area contributed by atoms with Crippen molar-refractivity contribution in [1.29, 1.82) is 0 Å². The molecule has 2 aromatic rings. The fourth-order valence-corrected chi connectivity index (χ4v) is 2.85. The van der Waals surface area contributed by atoms with E-state index < -0.39 is 17.7 Å². The number of aryl methyl sites for hydroxylation is 1. The van der Waals surface area contributed by atoms with Gasteiger partial charge < -0.3 is 18.8 Å². The lowest BCUT2D eigenvalue weighted by Gasteiger charge is -2.24. The van der Waals surface area contributed by atoms with Gasteiger partial charge in [0, 0.05) is 5.92 Å². The second kappa shape index (κ2) is 6.03. The molecule has 1 aliphatic rings. The van der Waals surface area contributed by atoms with Crippen molar-refractivity contribution in [2.75, 3.05) is 0 Å². The Kier molecular flexibility index (Phi) is 4.05. The molecule has 126 valence electrons. The normalized spacial score (nSPS) is 18.1. The van der Waals surface area contributed by atoms with E-state index in [2.05, 4.69) is 0 Å². The van der Waals surface area contributed by atoms with E-state index in [0.29, 0.717) is 17.3 Å². The highest BCUT2D eigenvalue weighted by atomic mass is 16.3. The smallest absolute Gasteiger partial charge is 0.290 e. The number of carbonyl (C=O) groups excluding carboxylic acids is 2. The van der Waals surface area contributed by atoms with Gasteiger partial charge in [-0.3, -0.25) is 9.59 Å². The van der Waals surface area contributed by atoms with E-state index in [-0.39, 0.29) is 23.8 Å². The molecule has 0 bridgehead atoms. The second-order valence-electron chi connectivity index (χ2n) is 6.14. The molecule has 3 heterocycles. The molecule has 0 fully saturated rings. The van der Waals surface area contributed by atoms with Gasteiger partial charge in [0.25, 0.3) is 5.91 Å². The van der Waals surface area contributed by atoms with Crippen LogP contribution in [0.25, 0.3) is 0 Å². The zero-order chi connectivity index (χ0) is 17.4. The summed E-state index contributed by atoms with van der Waals surface area (Å²) in [5.41, 5.74) is 0.0795. The maximum Gasteiger partial charge on any atom is 0.290 e. The average Bonchev–Trinajstić information content (AvgIpc) is 3.24. The van der Waals surface area contributed by atoms with Crippen molar-refractivity contribution in [2.24, 2.45) is 5.92 Å². The number of hydrogen-bond donors (Lipinski definition) is 1. The maximum atomic E-state index is 12.6. The summed E-state index contributed by atoms with van der Waals surface area (Å²) < 4.78 is 11.0. The van der Waals surface area contributed by atoms with Gasteiger partial charge in [0.05, 0.1) is 18.4 Å². The minimum Gasteiger partial charge on any atom is -0.503 e. The standard InChI is InChI=1S/C18H19NO5/c1-10(2)16(20)14-15(13-7-6-11(3)24-13)19(18(22)17(14)21)9-12-5-4-8-23-12/h4-8,10,15,21H,9H2,1-3H3. The summed E-state index contributed by atoms with van der Waals surface area (Å²) in [5, 5.41) is 10.3. The first-order valence-corrected chi connectivity index (χ1v) is 7.77. The van der Waals surface area contributed by atoms with Gasteiger partial charge in [-0.2, -0.15) is 0 Å². The Morgan fingerprint density at radius 2 is 2.08 bits per heavy atom. The third-order valence-electron chi connectivity index (χ3n) is 4.03. The third-order valence-corrected chi connectivity index (χ3v) is 4.03. The van der Waals surface area contributed by atoms with Crippen molar-refractivity contribution in [2.45, 2.75) is 33.4 Å². The summed E-state index contributed by atoms with van der Waals surface area (Å²) in [4.78, 5) is 26.5. The number of ketones is 1. The number of nitrogens with zero attached hydrogens (tertiary/aromatic N) is 1. The van der Waals surface area contributed by atoms with E-state index in [0.717, 1.165) is 0 Å². The van der Waals surface area contributed by atoms with Gasteiger partial charge in [0.2, 0.25) is 0 Å². The molecule has 0 saturated carbocycles. The van der Waals surface area contributed by atoms with Gasteiger partial charge in [-0.25, -0.2) is 0 Å². The SMILES string of the molecule is Cc1ccc(C2C(C(=O)C(C)C)=C(O)C(=O)N2Cc2ccco2)o1. The second-order valence-corrected chi connectivity index (χ2v) is 6.14. The van der Waals surface area contributed by atoms with Crippen LogP contribution in [0.1, 0.15) is 37.2 Å². The summed E-state index contributed by atoms with van der Waals surface area (Å²) in [6, 6.07) is 6.17. The number of hydrogen-bond acceptors (Lipinski definition) is 5. The molecular weight excluding hydrogens is 310 g/mol. The van der Waals surface area contributed by atoms with E-state index in [1.165, 1.54) is 11.2 Å². The molecule has 6 heteroatoms. The van der Waals surface area contributed by atoms with Crippen LogP contribution in [0.2, 0.25) is 0 Å². The van der Waals surface area contributed by atoms with Crippen molar-refractivity contribution in [3.05, 3.63) is 59.1 Å². The fraction of sp³-hybridized carbons (Fsp3) is 0.333. The minimum absolute atomic E-state index is 0.0795. The Labute approximate surface area is 139 Å². The largest absolute Gasteiger partial charge is 0.503 e. The Hall–Kier alpha value is -2.76. The van der Waals surface area contributed by atoms with Gasteiger partial charge >= 0.3 is 0 Å². The molecule has 0 spiro atoms. The number of rotatable bonds is 5. The summed E-state index contributed by atoms with van der Waals surface area (Å²) in [6.07, 6.45) is 1.51. The molecule has 6 nitrogen and oxygen atoms in total. The van der Waals surface area contributed by atoms with Gasteiger partial charge in [-0.1, -0.05) is 13.8 Å². The predicted octanol–water partition coefficient (Wildman–Crippen LogP) is 3.30. The van der Waals surface area contributed by atoms with Crippen LogP contribution in [0.3, 0.4) is 0 Å². The zero-order valence-electron chi connectivity index (χ0n) is 13.8. The number of amides is 1. The van der Waals surface area contributed by atoms with Crippen LogP contribution in [-0.4, -0.2) is 21.7 Å². The average molecular weight is 329 g/mol. The molecule has 0 aromatic carbocycles. The minimum atomic E-state index is -0.758. The Morgan fingerprint density at radius 3 is 2.62 bits per heavy atom. The van der Waals surface area contributed by atoms with Crippen LogP contribution in [-0.2, 0) is 16.1 Å². The topological polar surface area (TPSA) is 83.9 Å². The van der Waals surface area contributed by atoms with E-state index in [1.54, 1.807) is 45.0 Å². The molecule has 1 aliphatic heterocycles. The van der Waals surface area contributed by atoms with Crippen LogP contribution in [0.15, 0.2) is 50.7 Å². The molecular formula is C18H19NO5. The quantitative estimate of drug-likeness (QED) is 0.910. The predicted molar refractivity (Wildman–Crippen MR) is 84.9 cm³/mol. The van der Waals surface area contributed by atoms with Crippen LogP contribution in [0.4, 0.5) is 0 Å². The number of carbonyl (C=O) groups is 2. The van der Waals surface area contributed by atoms with Crippen molar-refractivity contribution in [3.63, 3.8) is 0 Å². The van der Waals surface area contributed by atoms with Gasteiger partial charge in [-0.05, 0) is 31.2 Å². The van der Waals surface area contributed by atoms with Gasteiger partial charge in [-0.15, -0.1) is 0 Å². The van der Waals surface area contributed by atoms with E-state index in [1.807, 2.05) is 0 Å². The lowest BCUT2D eigenvalue weighted by Crippen LogP contribution is -2.30. The molecule has 0 saturated heterocycles. The first-order valence-electron chi connectivity index (χ1n) is 7.77. The molecule has 0 radical (unpaired) electrons. The molecule has 1 amide bonds. The molecule has 0 aliphatic carbocycles. The van der Waals surface area contributed by atoms with E-state index in [4.69, 9.17) is 8.83 Å².